The zero-order chi connectivity index (χ0) is 13.5. The molecule has 0 unspecified atom stereocenters. The van der Waals surface area contributed by atoms with Gasteiger partial charge >= 0.3 is 0 Å². The molecule has 4 rings (SSSR count). The summed E-state index contributed by atoms with van der Waals surface area (Å²) in [7, 11) is 0. The Hall–Kier alpha value is -1.88. The molecule has 0 fully saturated rings. The highest BCUT2D eigenvalue weighted by atomic mass is 32.1. The van der Waals surface area contributed by atoms with E-state index >= 15 is 0 Å². The lowest BCUT2D eigenvalue weighted by atomic mass is 10.1. The fourth-order valence-corrected chi connectivity index (χ4v) is 3.79. The van der Waals surface area contributed by atoms with E-state index in [2.05, 4.69) is 10.3 Å². The van der Waals surface area contributed by atoms with Crippen LogP contribution in [0.4, 0.5) is 5.13 Å². The highest BCUT2D eigenvalue weighted by Crippen LogP contribution is 2.31. The fraction of sp³-hybridized carbons (Fsp3) is 0.333. The number of nitrogens with zero attached hydrogens (tertiary/aromatic N) is 1. The van der Waals surface area contributed by atoms with E-state index in [1.54, 1.807) is 17.4 Å². The Balaban J connectivity index is 1.55. The highest BCUT2D eigenvalue weighted by Gasteiger charge is 2.19. The summed E-state index contributed by atoms with van der Waals surface area (Å²) in [6, 6.07) is 5.60. The number of nitrogens with one attached hydrogen (secondary N) is 1. The monoisotopic (exact) mass is 286 g/mol. The van der Waals surface area contributed by atoms with Crippen molar-refractivity contribution in [3.63, 3.8) is 0 Å². The van der Waals surface area contributed by atoms with Crippen molar-refractivity contribution in [2.45, 2.75) is 25.7 Å². The van der Waals surface area contributed by atoms with Gasteiger partial charge in [0, 0.05) is 16.9 Å². The van der Waals surface area contributed by atoms with Crippen molar-refractivity contribution >= 4 is 22.4 Å². The molecule has 0 bridgehead atoms. The molecule has 1 N–H and O–H groups in total. The van der Waals surface area contributed by atoms with Crippen LogP contribution in [0.5, 0.6) is 5.75 Å². The van der Waals surface area contributed by atoms with Crippen molar-refractivity contribution in [2.75, 3.05) is 11.9 Å². The summed E-state index contributed by atoms with van der Waals surface area (Å²) in [5.41, 5.74) is 2.94. The second-order valence-electron chi connectivity index (χ2n) is 5.12. The van der Waals surface area contributed by atoms with Crippen molar-refractivity contribution in [3.8, 4) is 5.75 Å². The molecule has 0 spiro atoms. The number of carbonyl (C=O) groups is 1. The average Bonchev–Trinajstić information content (AvgIpc) is 3.11. The molecule has 2 aliphatic rings. The van der Waals surface area contributed by atoms with E-state index in [0.29, 0.717) is 12.2 Å². The predicted octanol–water partition coefficient (Wildman–Crippen LogP) is 2.82. The number of ether oxygens (including phenoxy) is 1. The van der Waals surface area contributed by atoms with Crippen molar-refractivity contribution in [2.24, 2.45) is 0 Å². The first-order chi connectivity index (χ1) is 9.79. The second kappa shape index (κ2) is 4.59. The molecule has 0 radical (unpaired) electrons. The molecule has 1 aliphatic carbocycles. The molecule has 2 heterocycles. The molecule has 4 nitrogen and oxygen atoms in total. The molecule has 1 aromatic carbocycles. The average molecular weight is 286 g/mol. The SMILES string of the molecule is O=C(Nc1nc2c(s1)CCC2)c1ccc2c(c1)CCO2. The number of carbonyl (C=O) groups excluding carboxylic acids is 1. The first-order valence-corrected chi connectivity index (χ1v) is 7.67. The van der Waals surface area contributed by atoms with Crippen molar-refractivity contribution in [1.82, 2.24) is 4.98 Å². The normalized spacial score (nSPS) is 15.6. The maximum atomic E-state index is 12.3. The minimum Gasteiger partial charge on any atom is -0.493 e. The molecule has 1 aliphatic heterocycles. The Morgan fingerprint density at radius 3 is 3.15 bits per heavy atom. The van der Waals surface area contributed by atoms with E-state index in [0.717, 1.165) is 41.4 Å². The Morgan fingerprint density at radius 1 is 1.30 bits per heavy atom. The summed E-state index contributed by atoms with van der Waals surface area (Å²) in [4.78, 5) is 18.1. The van der Waals surface area contributed by atoms with Crippen molar-refractivity contribution in [1.29, 1.82) is 0 Å². The maximum absolute atomic E-state index is 12.3. The molecule has 2 aromatic rings. The van der Waals surface area contributed by atoms with Gasteiger partial charge < -0.3 is 4.74 Å². The quantitative estimate of drug-likeness (QED) is 0.923. The summed E-state index contributed by atoms with van der Waals surface area (Å²) in [6.07, 6.45) is 4.20. The molecule has 0 saturated carbocycles. The van der Waals surface area contributed by atoms with Gasteiger partial charge in [-0.25, -0.2) is 4.98 Å². The first kappa shape index (κ1) is 11.9. The largest absolute Gasteiger partial charge is 0.493 e. The predicted molar refractivity (Wildman–Crippen MR) is 77.7 cm³/mol. The van der Waals surface area contributed by atoms with Crippen LogP contribution in [0.3, 0.4) is 0 Å². The minimum atomic E-state index is -0.0906. The van der Waals surface area contributed by atoms with Crippen LogP contribution >= 0.6 is 11.3 Å². The van der Waals surface area contributed by atoms with Crippen LogP contribution in [0.15, 0.2) is 18.2 Å². The lowest BCUT2D eigenvalue weighted by Crippen LogP contribution is -2.11. The number of rotatable bonds is 2. The number of benzene rings is 1. The van der Waals surface area contributed by atoms with Gasteiger partial charge in [-0.3, -0.25) is 10.1 Å². The summed E-state index contributed by atoms with van der Waals surface area (Å²) in [6.45, 7) is 0.708. The Morgan fingerprint density at radius 2 is 2.25 bits per heavy atom. The molecule has 102 valence electrons. The summed E-state index contributed by atoms with van der Waals surface area (Å²) >= 11 is 1.60. The molecule has 1 amide bonds. The van der Waals surface area contributed by atoms with Gasteiger partial charge in [-0.05, 0) is 43.0 Å². The Labute approximate surface area is 120 Å². The lowest BCUT2D eigenvalue weighted by Gasteiger charge is -2.04. The number of fused-ring (bicyclic) bond motifs is 2. The van der Waals surface area contributed by atoms with Crippen LogP contribution in [0, 0.1) is 0 Å². The van der Waals surface area contributed by atoms with Crippen LogP contribution < -0.4 is 10.1 Å². The van der Waals surface area contributed by atoms with E-state index < -0.39 is 0 Å². The molecule has 0 saturated heterocycles. The third kappa shape index (κ3) is 1.98. The first-order valence-electron chi connectivity index (χ1n) is 6.85. The number of amides is 1. The number of thiazole rings is 1. The van der Waals surface area contributed by atoms with Gasteiger partial charge in [0.1, 0.15) is 5.75 Å². The van der Waals surface area contributed by atoms with Crippen molar-refractivity contribution < 1.29 is 9.53 Å². The Bertz CT molecular complexity index is 672. The zero-order valence-electron chi connectivity index (χ0n) is 10.9. The van der Waals surface area contributed by atoms with E-state index in [9.17, 15) is 4.79 Å². The third-order valence-electron chi connectivity index (χ3n) is 3.77. The van der Waals surface area contributed by atoms with E-state index in [4.69, 9.17) is 4.74 Å². The molecular weight excluding hydrogens is 272 g/mol. The smallest absolute Gasteiger partial charge is 0.257 e. The second-order valence-corrected chi connectivity index (χ2v) is 6.20. The van der Waals surface area contributed by atoms with Gasteiger partial charge in [0.05, 0.1) is 12.3 Å². The van der Waals surface area contributed by atoms with E-state index in [1.165, 1.54) is 11.3 Å². The van der Waals surface area contributed by atoms with Gasteiger partial charge in [0.25, 0.3) is 5.91 Å². The Kier molecular flexibility index (Phi) is 2.73. The summed E-state index contributed by atoms with van der Waals surface area (Å²) in [5.74, 6) is 0.807. The van der Waals surface area contributed by atoms with Crippen LogP contribution in [0.1, 0.15) is 32.9 Å². The summed E-state index contributed by atoms with van der Waals surface area (Å²) in [5, 5.41) is 3.63. The molecule has 20 heavy (non-hydrogen) atoms. The molecular formula is C15H14N2O2S. The number of aromatic nitrogens is 1. The minimum absolute atomic E-state index is 0.0906. The lowest BCUT2D eigenvalue weighted by molar-refractivity contribution is 0.102. The van der Waals surface area contributed by atoms with E-state index in [-0.39, 0.29) is 5.91 Å². The standard InChI is InChI=1S/C15H14N2O2S/c18-14(10-4-5-12-9(8-10)6-7-19-12)17-15-16-11-2-1-3-13(11)20-15/h4-5,8H,1-3,6-7H2,(H,16,17,18). The number of hydrogen-bond acceptors (Lipinski definition) is 4. The number of hydrogen-bond donors (Lipinski definition) is 1. The third-order valence-corrected chi connectivity index (χ3v) is 4.84. The van der Waals surface area contributed by atoms with Crippen LogP contribution in [0.2, 0.25) is 0 Å². The number of aryl methyl sites for hydroxylation is 2. The molecule has 5 heteroatoms. The zero-order valence-corrected chi connectivity index (χ0v) is 11.8. The van der Waals surface area contributed by atoms with Crippen LogP contribution in [-0.4, -0.2) is 17.5 Å². The van der Waals surface area contributed by atoms with Gasteiger partial charge in [0.15, 0.2) is 5.13 Å². The van der Waals surface area contributed by atoms with Gasteiger partial charge in [-0.15, -0.1) is 11.3 Å². The van der Waals surface area contributed by atoms with Crippen molar-refractivity contribution in [3.05, 3.63) is 39.9 Å². The maximum Gasteiger partial charge on any atom is 0.257 e. The highest BCUT2D eigenvalue weighted by molar-refractivity contribution is 7.15. The van der Waals surface area contributed by atoms with Gasteiger partial charge in [0.2, 0.25) is 0 Å². The molecule has 1 aromatic heterocycles. The van der Waals surface area contributed by atoms with Crippen LogP contribution in [0.25, 0.3) is 0 Å². The summed E-state index contributed by atoms with van der Waals surface area (Å²) < 4.78 is 5.45. The van der Waals surface area contributed by atoms with Gasteiger partial charge in [-0.2, -0.15) is 0 Å². The fourth-order valence-electron chi connectivity index (χ4n) is 2.74. The van der Waals surface area contributed by atoms with Gasteiger partial charge in [-0.1, -0.05) is 0 Å². The number of anilines is 1. The van der Waals surface area contributed by atoms with E-state index in [1.807, 2.05) is 12.1 Å². The van der Waals surface area contributed by atoms with Crippen LogP contribution in [-0.2, 0) is 19.3 Å². The molecule has 0 atom stereocenters. The topological polar surface area (TPSA) is 51.2 Å².